The average molecular weight is 443 g/mol. The highest BCUT2D eigenvalue weighted by Gasteiger charge is 2.33. The molecule has 168 valence electrons. The Morgan fingerprint density at radius 2 is 2.13 bits per heavy atom. The van der Waals surface area contributed by atoms with Gasteiger partial charge in [-0.2, -0.15) is 27.8 Å². The molecule has 3 heterocycles. The van der Waals surface area contributed by atoms with Crippen molar-refractivity contribution >= 4 is 11.6 Å². The zero-order valence-corrected chi connectivity index (χ0v) is 16.8. The second-order valence-electron chi connectivity index (χ2n) is 7.14. The molecular weight excluding hydrogens is 422 g/mol. The summed E-state index contributed by atoms with van der Waals surface area (Å²) in [6, 6.07) is -0.428. The zero-order chi connectivity index (χ0) is 22.2. The number of aromatic nitrogens is 6. The van der Waals surface area contributed by atoms with Gasteiger partial charge < -0.3 is 14.8 Å². The fraction of sp³-hybridized carbons (Fsp3) is 0.556. The molecule has 0 spiro atoms. The van der Waals surface area contributed by atoms with Gasteiger partial charge in [-0.25, -0.2) is 14.1 Å². The minimum atomic E-state index is -4.56. The fourth-order valence-electron chi connectivity index (χ4n) is 3.15. The van der Waals surface area contributed by atoms with Gasteiger partial charge in [0.25, 0.3) is 0 Å². The number of nitrogens with zero attached hydrogens (tertiary/aromatic N) is 6. The molecule has 0 saturated heterocycles. The maximum atomic E-state index is 13.6. The molecule has 0 amide bonds. The first-order valence-electron chi connectivity index (χ1n) is 9.77. The topological polar surface area (TPSA) is 91.4 Å². The van der Waals surface area contributed by atoms with Crippen LogP contribution in [0.15, 0.2) is 18.7 Å². The van der Waals surface area contributed by atoms with E-state index in [2.05, 4.69) is 25.5 Å². The van der Waals surface area contributed by atoms with Crippen molar-refractivity contribution in [1.82, 2.24) is 29.4 Å². The monoisotopic (exact) mass is 443 g/mol. The number of alkyl halides is 4. The largest absolute Gasteiger partial charge is 0.478 e. The first kappa shape index (κ1) is 21.3. The third-order valence-corrected chi connectivity index (χ3v) is 4.89. The van der Waals surface area contributed by atoms with Crippen LogP contribution in [-0.4, -0.2) is 61.0 Å². The van der Waals surface area contributed by atoms with Gasteiger partial charge in [0.2, 0.25) is 11.6 Å². The average Bonchev–Trinajstić information content (AvgIpc) is 3.35. The first-order chi connectivity index (χ1) is 14.7. The molecule has 0 bridgehead atoms. The number of nitrogens with one attached hydrogen (secondary N) is 1. The normalized spacial score (nSPS) is 19.9. The molecule has 0 radical (unpaired) electrons. The van der Waals surface area contributed by atoms with Crippen LogP contribution in [0.4, 0.5) is 23.5 Å². The van der Waals surface area contributed by atoms with E-state index < -0.39 is 25.0 Å². The molecule has 1 N–H and O–H groups in total. The van der Waals surface area contributed by atoms with Crippen molar-refractivity contribution in [2.24, 2.45) is 0 Å². The number of rotatable bonds is 8. The standard InChI is InChI=1S/C18H21F4N7O2/c1-3-30-10(2)28-7-11(6-24-28)14-15(31-8-18(20,21)22)16-26-17(27-29(16)9-23-14)25-13-5-4-12(13)19/h6-7,9-10,12-13H,3-5,8H2,1-2H3,(H,25,27). The molecular formula is C18H21F4N7O2. The molecule has 9 nitrogen and oxygen atoms in total. The Morgan fingerprint density at radius 3 is 2.77 bits per heavy atom. The number of fused-ring (bicyclic) bond motifs is 1. The summed E-state index contributed by atoms with van der Waals surface area (Å²) in [5.74, 6) is -0.113. The van der Waals surface area contributed by atoms with Gasteiger partial charge in [0, 0.05) is 18.4 Å². The lowest BCUT2D eigenvalue weighted by Gasteiger charge is -2.30. The summed E-state index contributed by atoms with van der Waals surface area (Å²) >= 11 is 0. The van der Waals surface area contributed by atoms with E-state index in [0.717, 1.165) is 0 Å². The Kier molecular flexibility index (Phi) is 5.69. The second-order valence-corrected chi connectivity index (χ2v) is 7.14. The number of hydrogen-bond donors (Lipinski definition) is 1. The summed E-state index contributed by atoms with van der Waals surface area (Å²) < 4.78 is 65.4. The van der Waals surface area contributed by atoms with Crippen LogP contribution in [0.1, 0.15) is 32.9 Å². The van der Waals surface area contributed by atoms with Crippen molar-refractivity contribution in [2.75, 3.05) is 18.5 Å². The highest BCUT2D eigenvalue weighted by molar-refractivity contribution is 5.74. The van der Waals surface area contributed by atoms with Crippen molar-refractivity contribution in [3.05, 3.63) is 18.7 Å². The van der Waals surface area contributed by atoms with E-state index in [1.807, 2.05) is 6.92 Å². The molecule has 31 heavy (non-hydrogen) atoms. The van der Waals surface area contributed by atoms with Crippen molar-refractivity contribution < 1.29 is 27.0 Å². The second kappa shape index (κ2) is 8.29. The van der Waals surface area contributed by atoms with Crippen LogP contribution < -0.4 is 10.1 Å². The van der Waals surface area contributed by atoms with Gasteiger partial charge in [0.05, 0.1) is 12.2 Å². The highest BCUT2D eigenvalue weighted by atomic mass is 19.4. The molecule has 3 atom stereocenters. The van der Waals surface area contributed by atoms with Crippen LogP contribution in [0.5, 0.6) is 5.75 Å². The summed E-state index contributed by atoms with van der Waals surface area (Å²) in [7, 11) is 0. The van der Waals surface area contributed by atoms with Gasteiger partial charge in [-0.15, -0.1) is 5.10 Å². The van der Waals surface area contributed by atoms with Crippen LogP contribution in [0.25, 0.3) is 16.9 Å². The van der Waals surface area contributed by atoms with E-state index >= 15 is 0 Å². The summed E-state index contributed by atoms with van der Waals surface area (Å²) in [6.45, 7) is 2.56. The predicted molar refractivity (Wildman–Crippen MR) is 101 cm³/mol. The molecule has 1 fully saturated rings. The third-order valence-electron chi connectivity index (χ3n) is 4.89. The maximum Gasteiger partial charge on any atom is 0.422 e. The Bertz CT molecular complexity index is 1050. The molecule has 3 unspecified atom stereocenters. The van der Waals surface area contributed by atoms with Crippen LogP contribution in [0.3, 0.4) is 0 Å². The van der Waals surface area contributed by atoms with Crippen LogP contribution >= 0.6 is 0 Å². The third kappa shape index (κ3) is 4.55. The SMILES string of the molecule is CCOC(C)n1cc(-c2ncn3nc(NC4CCC4F)nc3c2OCC(F)(F)F)cn1. The molecule has 0 aromatic carbocycles. The molecule has 3 aromatic rings. The summed E-state index contributed by atoms with van der Waals surface area (Å²) in [5, 5.41) is 11.2. The molecule has 0 aliphatic heterocycles. The van der Waals surface area contributed by atoms with E-state index in [1.54, 1.807) is 13.1 Å². The number of anilines is 1. The highest BCUT2D eigenvalue weighted by Crippen LogP contribution is 2.34. The van der Waals surface area contributed by atoms with Crippen molar-refractivity contribution in [3.8, 4) is 17.0 Å². The van der Waals surface area contributed by atoms with E-state index in [9.17, 15) is 17.6 Å². The van der Waals surface area contributed by atoms with Gasteiger partial charge in [-0.3, -0.25) is 0 Å². The van der Waals surface area contributed by atoms with Gasteiger partial charge in [0.15, 0.2) is 12.4 Å². The minimum Gasteiger partial charge on any atom is -0.478 e. The molecule has 13 heteroatoms. The zero-order valence-electron chi connectivity index (χ0n) is 16.8. The predicted octanol–water partition coefficient (Wildman–Crippen LogP) is 3.40. The molecule has 4 rings (SSSR count). The number of hydrogen-bond acceptors (Lipinski definition) is 7. The molecule has 3 aromatic heterocycles. The lowest BCUT2D eigenvalue weighted by atomic mass is 9.91. The molecule has 1 aliphatic carbocycles. The lowest BCUT2D eigenvalue weighted by Crippen LogP contribution is -2.40. The Hall–Kier alpha value is -2.96. The number of halogens is 4. The van der Waals surface area contributed by atoms with E-state index in [0.29, 0.717) is 25.0 Å². The van der Waals surface area contributed by atoms with E-state index in [-0.39, 0.29) is 29.3 Å². The summed E-state index contributed by atoms with van der Waals surface area (Å²) in [4.78, 5) is 8.43. The van der Waals surface area contributed by atoms with E-state index in [4.69, 9.17) is 9.47 Å². The lowest BCUT2D eigenvalue weighted by molar-refractivity contribution is -0.153. The Morgan fingerprint density at radius 1 is 1.32 bits per heavy atom. The maximum absolute atomic E-state index is 13.6. The van der Waals surface area contributed by atoms with Crippen molar-refractivity contribution in [3.63, 3.8) is 0 Å². The summed E-state index contributed by atoms with van der Waals surface area (Å²) in [6.07, 6.45) is -0.535. The van der Waals surface area contributed by atoms with Crippen LogP contribution in [0, 0.1) is 0 Å². The molecule has 1 saturated carbocycles. The first-order valence-corrected chi connectivity index (χ1v) is 9.77. The van der Waals surface area contributed by atoms with Crippen LogP contribution in [-0.2, 0) is 4.74 Å². The van der Waals surface area contributed by atoms with E-state index in [1.165, 1.54) is 21.7 Å². The Balaban J connectivity index is 1.71. The van der Waals surface area contributed by atoms with Gasteiger partial charge in [-0.1, -0.05) is 0 Å². The Labute approximate surface area is 174 Å². The summed E-state index contributed by atoms with van der Waals surface area (Å²) in [5.41, 5.74) is 0.571. The number of ether oxygens (including phenoxy) is 2. The molecule has 1 aliphatic rings. The van der Waals surface area contributed by atoms with Gasteiger partial charge in [0.1, 0.15) is 24.4 Å². The van der Waals surface area contributed by atoms with Crippen LogP contribution in [0.2, 0.25) is 0 Å². The smallest absolute Gasteiger partial charge is 0.422 e. The van der Waals surface area contributed by atoms with Gasteiger partial charge >= 0.3 is 6.18 Å². The quantitative estimate of drug-likeness (QED) is 0.534. The minimum absolute atomic E-state index is 0.0251. The van der Waals surface area contributed by atoms with Crippen molar-refractivity contribution in [2.45, 2.75) is 51.3 Å². The van der Waals surface area contributed by atoms with Gasteiger partial charge in [-0.05, 0) is 26.7 Å². The fourth-order valence-corrected chi connectivity index (χ4v) is 3.15. The van der Waals surface area contributed by atoms with Crippen molar-refractivity contribution in [1.29, 1.82) is 0 Å².